The fourth-order valence-corrected chi connectivity index (χ4v) is 1.60. The zero-order valence-corrected chi connectivity index (χ0v) is 8.49. The molecule has 0 saturated heterocycles. The van der Waals surface area contributed by atoms with Crippen LogP contribution >= 0.6 is 0 Å². The lowest BCUT2D eigenvalue weighted by Gasteiger charge is -2.05. The number of hydrogen-bond acceptors (Lipinski definition) is 3. The van der Waals surface area contributed by atoms with Gasteiger partial charge in [0.25, 0.3) is 0 Å². The van der Waals surface area contributed by atoms with Crippen LogP contribution in [0.5, 0.6) is 0 Å². The van der Waals surface area contributed by atoms with E-state index in [1.54, 1.807) is 0 Å². The van der Waals surface area contributed by atoms with Crippen molar-refractivity contribution in [3.63, 3.8) is 0 Å². The van der Waals surface area contributed by atoms with E-state index >= 15 is 0 Å². The molecule has 0 amide bonds. The number of anilines is 1. The second-order valence-corrected chi connectivity index (χ2v) is 3.43. The molecule has 2 N–H and O–H groups in total. The second kappa shape index (κ2) is 3.29. The molecule has 0 fully saturated rings. The van der Waals surface area contributed by atoms with Gasteiger partial charge in [0.15, 0.2) is 5.65 Å². The molecule has 0 bridgehead atoms. The highest BCUT2D eigenvalue weighted by molar-refractivity contribution is 5.52. The Morgan fingerprint density at radius 3 is 2.86 bits per heavy atom. The maximum absolute atomic E-state index is 5.83. The summed E-state index contributed by atoms with van der Waals surface area (Å²) in [6, 6.07) is 3.77. The Balaban J connectivity index is 2.69. The number of rotatable bonds is 2. The van der Waals surface area contributed by atoms with E-state index in [4.69, 9.17) is 5.73 Å². The van der Waals surface area contributed by atoms with Crippen LogP contribution in [0.4, 0.5) is 5.69 Å². The van der Waals surface area contributed by atoms with Crippen LogP contribution in [0.15, 0.2) is 12.1 Å². The van der Waals surface area contributed by atoms with Gasteiger partial charge < -0.3 is 5.73 Å². The molecule has 0 aromatic carbocycles. The normalized spacial score (nSPS) is 11.0. The third-order valence-corrected chi connectivity index (χ3v) is 2.39. The van der Waals surface area contributed by atoms with Crippen LogP contribution in [-0.2, 0) is 6.42 Å². The first-order valence-corrected chi connectivity index (χ1v) is 4.83. The zero-order valence-electron chi connectivity index (χ0n) is 8.49. The molecule has 0 aliphatic carbocycles. The minimum atomic E-state index is 0.787. The SMILES string of the molecule is CCCc1nnc2ccc(N)c(C)n12. The second-order valence-electron chi connectivity index (χ2n) is 3.43. The average molecular weight is 190 g/mol. The molecule has 0 unspecified atom stereocenters. The lowest BCUT2D eigenvalue weighted by atomic mass is 10.3. The standard InChI is InChI=1S/C10H14N4/c1-3-4-9-12-13-10-6-5-8(11)7(2)14(9)10/h5-6H,3-4,11H2,1-2H3. The Morgan fingerprint density at radius 2 is 2.14 bits per heavy atom. The fraction of sp³-hybridized carbons (Fsp3) is 0.400. The van der Waals surface area contributed by atoms with Crippen LogP contribution in [0.1, 0.15) is 24.9 Å². The number of fused-ring (bicyclic) bond motifs is 1. The summed E-state index contributed by atoms with van der Waals surface area (Å²) in [5, 5.41) is 8.24. The van der Waals surface area contributed by atoms with Gasteiger partial charge in [-0.3, -0.25) is 4.40 Å². The molecule has 0 aliphatic heterocycles. The summed E-state index contributed by atoms with van der Waals surface area (Å²) in [4.78, 5) is 0. The molecule has 0 aliphatic rings. The summed E-state index contributed by atoms with van der Waals surface area (Å²) in [6.45, 7) is 4.12. The van der Waals surface area contributed by atoms with Gasteiger partial charge >= 0.3 is 0 Å². The number of nitrogens with two attached hydrogens (primary N) is 1. The molecule has 4 nitrogen and oxygen atoms in total. The zero-order chi connectivity index (χ0) is 10.1. The molecular formula is C10H14N4. The Kier molecular flexibility index (Phi) is 2.11. The lowest BCUT2D eigenvalue weighted by molar-refractivity contribution is 0.810. The van der Waals surface area contributed by atoms with Crippen LogP contribution in [0.2, 0.25) is 0 Å². The van der Waals surface area contributed by atoms with Gasteiger partial charge in [-0.1, -0.05) is 6.92 Å². The molecule has 0 spiro atoms. The summed E-state index contributed by atoms with van der Waals surface area (Å²) >= 11 is 0. The number of hydrogen-bond donors (Lipinski definition) is 1. The molecule has 74 valence electrons. The Hall–Kier alpha value is -1.58. The van der Waals surface area contributed by atoms with Crippen LogP contribution in [0.3, 0.4) is 0 Å². The van der Waals surface area contributed by atoms with E-state index in [0.717, 1.165) is 35.7 Å². The highest BCUT2D eigenvalue weighted by Crippen LogP contribution is 2.15. The van der Waals surface area contributed by atoms with Gasteiger partial charge in [-0.15, -0.1) is 10.2 Å². The van der Waals surface area contributed by atoms with Crippen molar-refractivity contribution >= 4 is 11.3 Å². The predicted molar refractivity (Wildman–Crippen MR) is 56.1 cm³/mol. The van der Waals surface area contributed by atoms with Gasteiger partial charge in [-0.05, 0) is 25.5 Å². The quantitative estimate of drug-likeness (QED) is 0.782. The summed E-state index contributed by atoms with van der Waals surface area (Å²) in [5.74, 6) is 0.993. The van der Waals surface area contributed by atoms with E-state index in [-0.39, 0.29) is 0 Å². The average Bonchev–Trinajstić information content (AvgIpc) is 2.57. The summed E-state index contributed by atoms with van der Waals surface area (Å²) in [7, 11) is 0. The van der Waals surface area contributed by atoms with Gasteiger partial charge in [0.05, 0.1) is 5.69 Å². The summed E-state index contributed by atoms with van der Waals surface area (Å²) in [6.07, 6.45) is 2.00. The van der Waals surface area contributed by atoms with Crippen LogP contribution < -0.4 is 5.73 Å². The van der Waals surface area contributed by atoms with E-state index in [9.17, 15) is 0 Å². The maximum atomic E-state index is 5.83. The largest absolute Gasteiger partial charge is 0.397 e. The summed E-state index contributed by atoms with van der Waals surface area (Å²) in [5.41, 5.74) is 8.52. The Labute approximate surface area is 82.8 Å². The van der Waals surface area contributed by atoms with Crippen LogP contribution in [0, 0.1) is 6.92 Å². The van der Waals surface area contributed by atoms with Crippen molar-refractivity contribution in [3.8, 4) is 0 Å². The smallest absolute Gasteiger partial charge is 0.161 e. The van der Waals surface area contributed by atoms with E-state index in [1.165, 1.54) is 0 Å². The van der Waals surface area contributed by atoms with Gasteiger partial charge in [-0.25, -0.2) is 0 Å². The highest BCUT2D eigenvalue weighted by Gasteiger charge is 2.07. The molecule has 0 radical (unpaired) electrons. The number of aromatic nitrogens is 3. The van der Waals surface area contributed by atoms with Crippen molar-refractivity contribution < 1.29 is 0 Å². The molecule has 4 heteroatoms. The number of pyridine rings is 1. The minimum Gasteiger partial charge on any atom is -0.397 e. The first-order chi connectivity index (χ1) is 6.74. The lowest BCUT2D eigenvalue weighted by Crippen LogP contribution is -2.01. The van der Waals surface area contributed by atoms with Crippen molar-refractivity contribution in [1.82, 2.24) is 14.6 Å². The molecule has 2 aromatic rings. The third-order valence-electron chi connectivity index (χ3n) is 2.39. The molecule has 2 aromatic heterocycles. The molecule has 0 atom stereocenters. The van der Waals surface area contributed by atoms with E-state index in [0.29, 0.717) is 0 Å². The number of aryl methyl sites for hydroxylation is 2. The van der Waals surface area contributed by atoms with Crippen LogP contribution in [0.25, 0.3) is 5.65 Å². The fourth-order valence-electron chi connectivity index (χ4n) is 1.60. The van der Waals surface area contributed by atoms with E-state index in [1.807, 2.05) is 23.5 Å². The molecule has 2 heterocycles. The van der Waals surface area contributed by atoms with Gasteiger partial charge in [-0.2, -0.15) is 0 Å². The molecule has 0 saturated carbocycles. The Bertz CT molecular complexity index is 458. The molecular weight excluding hydrogens is 176 g/mol. The first-order valence-electron chi connectivity index (χ1n) is 4.83. The van der Waals surface area contributed by atoms with Gasteiger partial charge in [0.2, 0.25) is 0 Å². The Morgan fingerprint density at radius 1 is 1.36 bits per heavy atom. The van der Waals surface area contributed by atoms with Crippen molar-refractivity contribution in [3.05, 3.63) is 23.7 Å². The van der Waals surface area contributed by atoms with E-state index in [2.05, 4.69) is 17.1 Å². The van der Waals surface area contributed by atoms with Crippen molar-refractivity contribution in [2.24, 2.45) is 0 Å². The summed E-state index contributed by atoms with van der Waals surface area (Å²) < 4.78 is 2.03. The molecule has 2 rings (SSSR count). The highest BCUT2D eigenvalue weighted by atomic mass is 15.2. The third kappa shape index (κ3) is 1.23. The monoisotopic (exact) mass is 190 g/mol. The topological polar surface area (TPSA) is 56.2 Å². The van der Waals surface area contributed by atoms with Crippen molar-refractivity contribution in [1.29, 1.82) is 0 Å². The maximum Gasteiger partial charge on any atom is 0.161 e. The first kappa shape index (κ1) is 8.99. The van der Waals surface area contributed by atoms with Crippen molar-refractivity contribution in [2.75, 3.05) is 5.73 Å². The minimum absolute atomic E-state index is 0.787. The van der Waals surface area contributed by atoms with Gasteiger partial charge in [0.1, 0.15) is 5.82 Å². The number of nitrogens with zero attached hydrogens (tertiary/aromatic N) is 3. The van der Waals surface area contributed by atoms with E-state index < -0.39 is 0 Å². The predicted octanol–water partition coefficient (Wildman–Crippen LogP) is 1.57. The van der Waals surface area contributed by atoms with Crippen LogP contribution in [-0.4, -0.2) is 14.6 Å². The van der Waals surface area contributed by atoms with Crippen molar-refractivity contribution in [2.45, 2.75) is 26.7 Å². The molecule has 14 heavy (non-hydrogen) atoms. The number of nitrogen functional groups attached to an aromatic ring is 1. The van der Waals surface area contributed by atoms with Gasteiger partial charge in [0, 0.05) is 12.1 Å².